The van der Waals surface area contributed by atoms with Crippen molar-refractivity contribution in [3.63, 3.8) is 0 Å². The molecule has 3 rings (SSSR count). The molecule has 0 spiro atoms. The van der Waals surface area contributed by atoms with Crippen molar-refractivity contribution in [2.24, 2.45) is 0 Å². The molecule has 0 amide bonds. The molecule has 0 radical (unpaired) electrons. The Kier molecular flexibility index (Phi) is 4.04. The first-order chi connectivity index (χ1) is 10.4. The molecule has 2 aromatic carbocycles. The van der Waals surface area contributed by atoms with E-state index in [0.717, 1.165) is 16.7 Å². The summed E-state index contributed by atoms with van der Waals surface area (Å²) in [6.07, 6.45) is 0. The number of aryl methyl sites for hydroxylation is 1. The van der Waals surface area contributed by atoms with Crippen molar-refractivity contribution in [2.75, 3.05) is 0 Å². The summed E-state index contributed by atoms with van der Waals surface area (Å²) in [5, 5.41) is 0.555. The van der Waals surface area contributed by atoms with Crippen molar-refractivity contribution >= 4 is 31.1 Å². The lowest BCUT2D eigenvalue weighted by Gasteiger charge is -1.98. The number of hydrogen-bond donors (Lipinski definition) is 0. The fraction of sp³-hybridized carbons (Fsp3) is 0.0625. The first-order valence-corrected chi connectivity index (χ1v) is 9.66. The maximum absolute atomic E-state index is 11.8. The topological polar surface area (TPSA) is 47.0 Å². The molecule has 0 saturated carbocycles. The van der Waals surface area contributed by atoms with E-state index in [1.54, 1.807) is 0 Å². The molecule has 1 heterocycles. The van der Waals surface area contributed by atoms with Crippen LogP contribution in [0.5, 0.6) is 0 Å². The van der Waals surface area contributed by atoms with Crippen molar-refractivity contribution < 1.29 is 8.42 Å². The summed E-state index contributed by atoms with van der Waals surface area (Å²) in [5.74, 6) is 0. The van der Waals surface area contributed by atoms with Crippen LogP contribution in [0.3, 0.4) is 0 Å². The first-order valence-electron chi connectivity index (χ1n) is 6.53. The van der Waals surface area contributed by atoms with Crippen LogP contribution in [0.2, 0.25) is 0 Å². The van der Waals surface area contributed by atoms with Gasteiger partial charge >= 0.3 is 0 Å². The number of rotatable bonds is 3. The smallest absolute Gasteiger partial charge is 0.223 e. The Morgan fingerprint density at radius 3 is 2.18 bits per heavy atom. The second-order valence-electron chi connectivity index (χ2n) is 4.82. The lowest BCUT2D eigenvalue weighted by Crippen LogP contribution is -1.93. The van der Waals surface area contributed by atoms with E-state index in [1.165, 1.54) is 11.3 Å². The van der Waals surface area contributed by atoms with Gasteiger partial charge in [0.15, 0.2) is 5.03 Å². The van der Waals surface area contributed by atoms with Gasteiger partial charge in [0.1, 0.15) is 5.01 Å². The summed E-state index contributed by atoms with van der Waals surface area (Å²) < 4.78 is 23.7. The van der Waals surface area contributed by atoms with Gasteiger partial charge in [-0.2, -0.15) is 0 Å². The predicted octanol–water partition coefficient (Wildman–Crippen LogP) is 4.71. The van der Waals surface area contributed by atoms with Gasteiger partial charge in [-0.05, 0) is 12.5 Å². The van der Waals surface area contributed by atoms with Gasteiger partial charge < -0.3 is 0 Å². The third-order valence-electron chi connectivity index (χ3n) is 3.16. The summed E-state index contributed by atoms with van der Waals surface area (Å²) in [4.78, 5) is 4.82. The Morgan fingerprint density at radius 1 is 0.955 bits per heavy atom. The summed E-state index contributed by atoms with van der Waals surface area (Å²) >= 11 is 1.32. The quantitative estimate of drug-likeness (QED) is 0.643. The Bertz CT molecular complexity index is 901. The molecular formula is C16H12ClNO2S2. The number of benzene rings is 2. The maximum Gasteiger partial charge on any atom is 0.280 e. The highest BCUT2D eigenvalue weighted by Gasteiger charge is 2.23. The van der Waals surface area contributed by atoms with E-state index < -0.39 is 9.05 Å². The summed E-state index contributed by atoms with van der Waals surface area (Å²) in [6, 6.07) is 17.1. The van der Waals surface area contributed by atoms with Gasteiger partial charge in [0, 0.05) is 16.2 Å². The van der Waals surface area contributed by atoms with Crippen molar-refractivity contribution in [3.8, 4) is 21.0 Å². The van der Waals surface area contributed by atoms with Crippen LogP contribution in [0.4, 0.5) is 0 Å². The van der Waals surface area contributed by atoms with Crippen LogP contribution in [0.15, 0.2) is 59.6 Å². The first kappa shape index (κ1) is 15.2. The van der Waals surface area contributed by atoms with Crippen LogP contribution in [0, 0.1) is 6.92 Å². The maximum atomic E-state index is 11.8. The lowest BCUT2D eigenvalue weighted by atomic mass is 10.2. The van der Waals surface area contributed by atoms with Crippen molar-refractivity contribution in [3.05, 3.63) is 60.2 Å². The standard InChI is InChI=1S/C16H12ClNO2S2/c1-11-7-9-13(10-8-11)15-18-16(22(17,19)20)14(21-15)12-5-3-2-4-6-12/h2-10H,1H3. The van der Waals surface area contributed by atoms with Crippen LogP contribution < -0.4 is 0 Å². The zero-order valence-electron chi connectivity index (χ0n) is 11.7. The predicted molar refractivity (Wildman–Crippen MR) is 90.8 cm³/mol. The molecule has 1 aromatic heterocycles. The highest BCUT2D eigenvalue weighted by atomic mass is 35.7. The second kappa shape index (κ2) is 5.83. The van der Waals surface area contributed by atoms with Gasteiger partial charge in [-0.15, -0.1) is 11.3 Å². The molecule has 22 heavy (non-hydrogen) atoms. The number of nitrogens with zero attached hydrogens (tertiary/aromatic N) is 1. The van der Waals surface area contributed by atoms with Crippen LogP contribution in [-0.2, 0) is 9.05 Å². The number of aromatic nitrogens is 1. The van der Waals surface area contributed by atoms with E-state index in [-0.39, 0.29) is 5.03 Å². The molecule has 112 valence electrons. The number of hydrogen-bond acceptors (Lipinski definition) is 4. The molecule has 0 unspecified atom stereocenters. The molecule has 0 atom stereocenters. The monoisotopic (exact) mass is 349 g/mol. The average Bonchev–Trinajstić information content (AvgIpc) is 2.94. The summed E-state index contributed by atoms with van der Waals surface area (Å²) in [5.41, 5.74) is 2.80. The molecule has 0 aliphatic heterocycles. The third kappa shape index (κ3) is 3.06. The molecule has 0 aliphatic carbocycles. The fourth-order valence-electron chi connectivity index (χ4n) is 2.06. The summed E-state index contributed by atoms with van der Waals surface area (Å²) in [7, 11) is 1.65. The minimum atomic E-state index is -3.91. The molecule has 0 bridgehead atoms. The van der Waals surface area contributed by atoms with Gasteiger partial charge in [-0.25, -0.2) is 13.4 Å². The van der Waals surface area contributed by atoms with E-state index in [9.17, 15) is 8.42 Å². The molecule has 6 heteroatoms. The van der Waals surface area contributed by atoms with Crippen LogP contribution in [0.1, 0.15) is 5.56 Å². The minimum absolute atomic E-state index is 0.0825. The van der Waals surface area contributed by atoms with Crippen LogP contribution in [-0.4, -0.2) is 13.4 Å². The average molecular weight is 350 g/mol. The van der Waals surface area contributed by atoms with Gasteiger partial charge in [0.05, 0.1) is 4.88 Å². The van der Waals surface area contributed by atoms with Gasteiger partial charge in [0.25, 0.3) is 9.05 Å². The van der Waals surface area contributed by atoms with Gasteiger partial charge in [0.2, 0.25) is 0 Å². The molecule has 0 saturated heterocycles. The Labute approximate surface area is 137 Å². The molecule has 0 fully saturated rings. The molecule has 3 aromatic rings. The minimum Gasteiger partial charge on any atom is -0.223 e. The van der Waals surface area contributed by atoms with E-state index in [2.05, 4.69) is 4.98 Å². The van der Waals surface area contributed by atoms with E-state index in [4.69, 9.17) is 10.7 Å². The van der Waals surface area contributed by atoms with E-state index >= 15 is 0 Å². The van der Waals surface area contributed by atoms with Crippen LogP contribution in [0.25, 0.3) is 21.0 Å². The number of halogens is 1. The number of thiazole rings is 1. The SMILES string of the molecule is Cc1ccc(-c2nc(S(=O)(=O)Cl)c(-c3ccccc3)s2)cc1. The highest BCUT2D eigenvalue weighted by molar-refractivity contribution is 8.13. The van der Waals surface area contributed by atoms with Crippen molar-refractivity contribution in [1.82, 2.24) is 4.98 Å². The zero-order valence-corrected chi connectivity index (χ0v) is 14.0. The van der Waals surface area contributed by atoms with Crippen molar-refractivity contribution in [2.45, 2.75) is 11.9 Å². The Morgan fingerprint density at radius 2 is 1.59 bits per heavy atom. The largest absolute Gasteiger partial charge is 0.280 e. The zero-order chi connectivity index (χ0) is 15.7. The van der Waals surface area contributed by atoms with Gasteiger partial charge in [-0.3, -0.25) is 0 Å². The second-order valence-corrected chi connectivity index (χ2v) is 8.30. The molecule has 0 aliphatic rings. The molecular weight excluding hydrogens is 338 g/mol. The Hall–Kier alpha value is -1.69. The molecule has 0 N–H and O–H groups in total. The lowest BCUT2D eigenvalue weighted by molar-refractivity contribution is 0.607. The normalized spacial score (nSPS) is 11.5. The van der Waals surface area contributed by atoms with E-state index in [0.29, 0.717) is 9.88 Å². The fourth-order valence-corrected chi connectivity index (χ4v) is 4.56. The van der Waals surface area contributed by atoms with Crippen LogP contribution >= 0.6 is 22.0 Å². The van der Waals surface area contributed by atoms with E-state index in [1.807, 2.05) is 61.5 Å². The Balaban J connectivity index is 2.20. The highest BCUT2D eigenvalue weighted by Crippen LogP contribution is 2.38. The van der Waals surface area contributed by atoms with Gasteiger partial charge in [-0.1, -0.05) is 60.2 Å². The molecule has 3 nitrogen and oxygen atoms in total. The third-order valence-corrected chi connectivity index (χ3v) is 5.64. The summed E-state index contributed by atoms with van der Waals surface area (Å²) in [6.45, 7) is 2.00. The van der Waals surface area contributed by atoms with Crippen molar-refractivity contribution in [1.29, 1.82) is 0 Å².